The van der Waals surface area contributed by atoms with Gasteiger partial charge in [0.05, 0.1) is 54.5 Å². The number of amides is 1. The number of hydrogen-bond donors (Lipinski definition) is 3. The van der Waals surface area contributed by atoms with Gasteiger partial charge in [-0.2, -0.15) is 0 Å². The molecule has 0 unspecified atom stereocenters. The standard InChI is InChI=1S/C27H30F2N4O5S/c28-27(29)16-33(17-27)23-14-19(13-18-3-11-38-24(18)23)25(35)30-21-2-1-20(31-39(36,37)12-10-34)15-22(21)32-8-6-26(4-5-26)7-9-32/h1-3,11,13-15,31,34H,4-10,12,16-17H2,(H,30,35). The lowest BCUT2D eigenvalue weighted by molar-refractivity contribution is -0.0261. The molecule has 2 aliphatic heterocycles. The largest absolute Gasteiger partial charge is 0.462 e. The van der Waals surface area contributed by atoms with E-state index in [2.05, 4.69) is 14.9 Å². The van der Waals surface area contributed by atoms with E-state index in [-0.39, 0.29) is 0 Å². The molecule has 0 bridgehead atoms. The molecule has 9 nitrogen and oxygen atoms in total. The van der Waals surface area contributed by atoms with Gasteiger partial charge >= 0.3 is 0 Å². The number of carbonyl (C=O) groups excluding carboxylic acids is 1. The van der Waals surface area contributed by atoms with Crippen molar-refractivity contribution in [3.8, 4) is 0 Å². The molecule has 2 aromatic carbocycles. The molecule has 1 aliphatic carbocycles. The first-order valence-corrected chi connectivity index (χ1v) is 14.7. The van der Waals surface area contributed by atoms with Gasteiger partial charge in [0, 0.05) is 24.0 Å². The monoisotopic (exact) mass is 560 g/mol. The summed E-state index contributed by atoms with van der Waals surface area (Å²) in [5.41, 5.74) is 3.14. The Kier molecular flexibility index (Phi) is 6.22. The lowest BCUT2D eigenvalue weighted by atomic mass is 9.93. The zero-order valence-electron chi connectivity index (χ0n) is 21.3. The maximum absolute atomic E-state index is 13.6. The summed E-state index contributed by atoms with van der Waals surface area (Å²) in [5.74, 6) is -3.62. The summed E-state index contributed by atoms with van der Waals surface area (Å²) in [6.45, 7) is 0.181. The second kappa shape index (κ2) is 9.37. The number of piperidine rings is 1. The van der Waals surface area contributed by atoms with Gasteiger partial charge in [-0.25, -0.2) is 17.2 Å². The summed E-state index contributed by atoms with van der Waals surface area (Å²) < 4.78 is 59.7. The summed E-state index contributed by atoms with van der Waals surface area (Å²) >= 11 is 0. The van der Waals surface area contributed by atoms with Crippen LogP contribution in [0.1, 0.15) is 36.0 Å². The van der Waals surface area contributed by atoms with Gasteiger partial charge < -0.3 is 24.6 Å². The molecule has 3 heterocycles. The Bertz CT molecular complexity index is 1520. The molecule has 3 aliphatic rings. The van der Waals surface area contributed by atoms with Crippen LogP contribution in [0, 0.1) is 5.41 Å². The molecule has 208 valence electrons. The third-order valence-corrected chi connectivity index (χ3v) is 9.25. The Morgan fingerprint density at radius 2 is 1.74 bits per heavy atom. The van der Waals surface area contributed by atoms with Gasteiger partial charge in [-0.3, -0.25) is 9.52 Å². The number of nitrogens with zero attached hydrogens (tertiary/aromatic N) is 2. The zero-order valence-corrected chi connectivity index (χ0v) is 22.1. The number of alkyl halides is 2. The van der Waals surface area contributed by atoms with Crippen LogP contribution in [0.15, 0.2) is 47.1 Å². The molecule has 1 amide bonds. The maximum atomic E-state index is 13.6. The van der Waals surface area contributed by atoms with Gasteiger partial charge in [-0.1, -0.05) is 0 Å². The smallest absolute Gasteiger partial charge is 0.282 e. The Morgan fingerprint density at radius 1 is 1.00 bits per heavy atom. The number of halogens is 2. The number of nitrogens with one attached hydrogen (secondary N) is 2. The molecule has 6 rings (SSSR count). The number of anilines is 4. The average molecular weight is 561 g/mol. The quantitative estimate of drug-likeness (QED) is 0.377. The first-order chi connectivity index (χ1) is 18.6. The predicted molar refractivity (Wildman–Crippen MR) is 145 cm³/mol. The molecule has 0 atom stereocenters. The van der Waals surface area contributed by atoms with E-state index >= 15 is 0 Å². The molecule has 1 aromatic heterocycles. The minimum absolute atomic E-state index is 0.295. The molecule has 3 aromatic rings. The highest BCUT2D eigenvalue weighted by molar-refractivity contribution is 7.92. The van der Waals surface area contributed by atoms with E-state index < -0.39 is 47.3 Å². The van der Waals surface area contributed by atoms with E-state index in [1.807, 2.05) is 0 Å². The van der Waals surface area contributed by atoms with E-state index in [4.69, 9.17) is 9.52 Å². The minimum Gasteiger partial charge on any atom is -0.462 e. The fourth-order valence-corrected chi connectivity index (χ4v) is 6.35. The van der Waals surface area contributed by atoms with Crippen molar-refractivity contribution in [1.82, 2.24) is 0 Å². The van der Waals surface area contributed by atoms with Crippen LogP contribution in [-0.4, -0.2) is 63.9 Å². The highest BCUT2D eigenvalue weighted by Crippen LogP contribution is 2.54. The summed E-state index contributed by atoms with van der Waals surface area (Å²) in [5, 5.41) is 12.7. The summed E-state index contributed by atoms with van der Waals surface area (Å²) in [4.78, 5) is 17.1. The first-order valence-electron chi connectivity index (χ1n) is 13.0. The third kappa shape index (κ3) is 5.27. The van der Waals surface area contributed by atoms with E-state index in [1.165, 1.54) is 24.0 Å². The number of fused-ring (bicyclic) bond motifs is 1. The topological polar surface area (TPSA) is 115 Å². The molecule has 3 fully saturated rings. The SMILES string of the molecule is O=C(Nc1ccc(NS(=O)(=O)CCO)cc1N1CCC2(CC1)CC2)c1cc(N2CC(F)(F)C2)c2occc2c1. The zero-order chi connectivity index (χ0) is 27.4. The van der Waals surface area contributed by atoms with Crippen LogP contribution in [0.25, 0.3) is 11.0 Å². The fraction of sp³-hybridized carbons (Fsp3) is 0.444. The molecule has 1 saturated carbocycles. The number of sulfonamides is 1. The van der Waals surface area contributed by atoms with E-state index in [0.29, 0.717) is 44.7 Å². The van der Waals surface area contributed by atoms with Crippen molar-refractivity contribution < 1.29 is 31.5 Å². The number of furan rings is 1. The van der Waals surface area contributed by atoms with Gasteiger partial charge in [0.25, 0.3) is 11.8 Å². The van der Waals surface area contributed by atoms with E-state index in [9.17, 15) is 22.0 Å². The normalized spacial score (nSPS) is 19.7. The van der Waals surface area contributed by atoms with Crippen molar-refractivity contribution in [2.45, 2.75) is 31.6 Å². The Morgan fingerprint density at radius 3 is 2.41 bits per heavy atom. The third-order valence-electron chi connectivity index (χ3n) is 7.98. The van der Waals surface area contributed by atoms with Gasteiger partial charge in [-0.05, 0) is 67.5 Å². The highest BCUT2D eigenvalue weighted by atomic mass is 32.2. The summed E-state index contributed by atoms with van der Waals surface area (Å²) in [7, 11) is -3.73. The van der Waals surface area contributed by atoms with Crippen LogP contribution in [0.2, 0.25) is 0 Å². The molecular formula is C27H30F2N4O5S. The van der Waals surface area contributed by atoms with Crippen LogP contribution in [0.4, 0.5) is 31.5 Å². The van der Waals surface area contributed by atoms with Crippen LogP contribution < -0.4 is 19.8 Å². The molecule has 2 saturated heterocycles. The fourth-order valence-electron chi connectivity index (χ4n) is 5.52. The van der Waals surface area contributed by atoms with Crippen LogP contribution >= 0.6 is 0 Å². The number of aliphatic hydroxyl groups excluding tert-OH is 1. The van der Waals surface area contributed by atoms with E-state index in [0.717, 1.165) is 25.9 Å². The van der Waals surface area contributed by atoms with Crippen LogP contribution in [-0.2, 0) is 10.0 Å². The number of rotatable bonds is 8. The molecule has 1 spiro atoms. The van der Waals surface area contributed by atoms with Crippen molar-refractivity contribution in [2.24, 2.45) is 5.41 Å². The number of hydrogen-bond acceptors (Lipinski definition) is 7. The van der Waals surface area contributed by atoms with Crippen molar-refractivity contribution in [3.63, 3.8) is 0 Å². The Balaban J connectivity index is 1.29. The molecule has 39 heavy (non-hydrogen) atoms. The number of benzene rings is 2. The minimum atomic E-state index is -3.73. The lowest BCUT2D eigenvalue weighted by Gasteiger charge is -2.40. The second-order valence-electron chi connectivity index (χ2n) is 10.9. The first kappa shape index (κ1) is 25.9. The van der Waals surface area contributed by atoms with Crippen molar-refractivity contribution in [3.05, 3.63) is 48.2 Å². The maximum Gasteiger partial charge on any atom is 0.282 e. The van der Waals surface area contributed by atoms with Gasteiger partial charge in [0.15, 0.2) is 5.58 Å². The van der Waals surface area contributed by atoms with Crippen molar-refractivity contribution in [2.75, 3.05) is 58.4 Å². The molecular weight excluding hydrogens is 530 g/mol. The van der Waals surface area contributed by atoms with Crippen LogP contribution in [0.5, 0.6) is 0 Å². The number of carbonyl (C=O) groups is 1. The summed E-state index contributed by atoms with van der Waals surface area (Å²) in [6, 6.07) is 9.82. The van der Waals surface area contributed by atoms with Gasteiger partial charge in [0.1, 0.15) is 0 Å². The molecule has 0 radical (unpaired) electrons. The van der Waals surface area contributed by atoms with Crippen LogP contribution in [0.3, 0.4) is 0 Å². The lowest BCUT2D eigenvalue weighted by Crippen LogP contribution is -2.56. The number of aliphatic hydroxyl groups is 1. The molecule has 12 heteroatoms. The predicted octanol–water partition coefficient (Wildman–Crippen LogP) is 4.25. The van der Waals surface area contributed by atoms with Crippen molar-refractivity contribution in [1.29, 1.82) is 0 Å². The van der Waals surface area contributed by atoms with Gasteiger partial charge in [-0.15, -0.1) is 0 Å². The second-order valence-corrected chi connectivity index (χ2v) is 12.7. The van der Waals surface area contributed by atoms with Crippen molar-refractivity contribution >= 4 is 49.6 Å². The Hall–Kier alpha value is -3.38. The summed E-state index contributed by atoms with van der Waals surface area (Å²) in [6.07, 6.45) is 5.98. The molecule has 3 N–H and O–H groups in total. The van der Waals surface area contributed by atoms with E-state index in [1.54, 1.807) is 36.4 Å². The van der Waals surface area contributed by atoms with Gasteiger partial charge in [0.2, 0.25) is 10.0 Å². The average Bonchev–Trinajstić information content (AvgIpc) is 3.44. The highest BCUT2D eigenvalue weighted by Gasteiger charge is 2.45. The Labute approximate surface area is 224 Å².